The van der Waals surface area contributed by atoms with E-state index in [2.05, 4.69) is 10.4 Å². The average Bonchev–Trinajstić information content (AvgIpc) is 3.35. The Bertz CT molecular complexity index is 1050. The lowest BCUT2D eigenvalue weighted by atomic mass is 10.1. The van der Waals surface area contributed by atoms with Crippen LogP contribution in [0.3, 0.4) is 0 Å². The normalized spacial score (nSPS) is 17.2. The van der Waals surface area contributed by atoms with E-state index in [0.29, 0.717) is 24.6 Å². The van der Waals surface area contributed by atoms with E-state index in [4.69, 9.17) is 14.2 Å². The summed E-state index contributed by atoms with van der Waals surface area (Å²) < 4.78 is 31.5. The molecule has 3 heterocycles. The Labute approximate surface area is 159 Å². The van der Waals surface area contributed by atoms with Gasteiger partial charge in [-0.15, -0.1) is 0 Å². The van der Waals surface area contributed by atoms with E-state index < -0.39 is 0 Å². The molecule has 0 aliphatic carbocycles. The van der Waals surface area contributed by atoms with Crippen LogP contribution in [0.15, 0.2) is 48.5 Å². The summed E-state index contributed by atoms with van der Waals surface area (Å²) in [4.78, 5) is 12.4. The van der Waals surface area contributed by atoms with E-state index in [1.54, 1.807) is 10.7 Å². The molecule has 0 fully saturated rings. The molecule has 7 nitrogen and oxygen atoms in total. The van der Waals surface area contributed by atoms with Gasteiger partial charge < -0.3 is 19.5 Å². The molecule has 0 spiro atoms. The van der Waals surface area contributed by atoms with E-state index >= 15 is 0 Å². The topological polar surface area (TPSA) is 74.6 Å². The molecule has 0 saturated heterocycles. The molecule has 1 N–H and O–H groups in total. The van der Waals surface area contributed by atoms with Gasteiger partial charge in [-0.05, 0) is 48.0 Å². The molecule has 0 radical (unpaired) electrons. The van der Waals surface area contributed by atoms with Crippen LogP contribution >= 0.6 is 0 Å². The predicted molar refractivity (Wildman–Crippen MR) is 96.7 cm³/mol. The zero-order valence-electron chi connectivity index (χ0n) is 14.7. The number of amides is 1. The molecular weight excluding hydrogens is 365 g/mol. The first kappa shape index (κ1) is 16.8. The number of anilines is 1. The van der Waals surface area contributed by atoms with Crippen molar-refractivity contribution in [2.75, 3.05) is 12.1 Å². The maximum Gasteiger partial charge on any atom is 0.276 e. The van der Waals surface area contributed by atoms with Crippen LogP contribution in [0, 0.1) is 5.82 Å². The van der Waals surface area contributed by atoms with E-state index in [1.165, 1.54) is 24.3 Å². The molecule has 8 heteroatoms. The Morgan fingerprint density at radius 3 is 2.79 bits per heavy atom. The first-order chi connectivity index (χ1) is 13.7. The van der Waals surface area contributed by atoms with Crippen LogP contribution in [0.25, 0.3) is 0 Å². The molecular formula is C20H16FN3O4. The second-order valence-corrected chi connectivity index (χ2v) is 6.58. The van der Waals surface area contributed by atoms with Crippen molar-refractivity contribution in [2.45, 2.75) is 19.3 Å². The van der Waals surface area contributed by atoms with Gasteiger partial charge in [0.2, 0.25) is 6.79 Å². The highest BCUT2D eigenvalue weighted by atomic mass is 19.1. The van der Waals surface area contributed by atoms with Crippen molar-refractivity contribution in [3.63, 3.8) is 0 Å². The Morgan fingerprint density at radius 2 is 1.93 bits per heavy atom. The molecule has 0 unspecified atom stereocenters. The minimum atomic E-state index is -0.359. The van der Waals surface area contributed by atoms with Crippen LogP contribution in [0.4, 0.5) is 10.1 Å². The predicted octanol–water partition coefficient (Wildman–Crippen LogP) is 3.27. The van der Waals surface area contributed by atoms with Gasteiger partial charge in [-0.1, -0.05) is 6.07 Å². The first-order valence-electron chi connectivity index (χ1n) is 8.80. The highest BCUT2D eigenvalue weighted by molar-refractivity contribution is 6.02. The van der Waals surface area contributed by atoms with Gasteiger partial charge in [0.05, 0.1) is 18.8 Å². The molecule has 1 atom stereocenters. The summed E-state index contributed by atoms with van der Waals surface area (Å²) in [7, 11) is 0. The molecule has 2 aromatic carbocycles. The van der Waals surface area contributed by atoms with Crippen molar-refractivity contribution >= 4 is 11.6 Å². The summed E-state index contributed by atoms with van der Waals surface area (Å²) in [6.45, 7) is 1.05. The summed E-state index contributed by atoms with van der Waals surface area (Å²) >= 11 is 0. The number of ether oxygens (including phenoxy) is 3. The molecule has 142 valence electrons. The second-order valence-electron chi connectivity index (χ2n) is 6.58. The zero-order chi connectivity index (χ0) is 19.1. The number of aromatic nitrogens is 2. The summed E-state index contributed by atoms with van der Waals surface area (Å²) in [5, 5.41) is 7.12. The average molecular weight is 381 g/mol. The van der Waals surface area contributed by atoms with Gasteiger partial charge in [-0.25, -0.2) is 4.39 Å². The third-order valence-corrected chi connectivity index (χ3v) is 4.74. The number of carbonyl (C=O) groups is 1. The third kappa shape index (κ3) is 3.07. The Morgan fingerprint density at radius 1 is 1.11 bits per heavy atom. The minimum Gasteiger partial charge on any atom is -0.454 e. The van der Waals surface area contributed by atoms with Crippen molar-refractivity contribution in [1.29, 1.82) is 0 Å². The van der Waals surface area contributed by atoms with E-state index in [0.717, 1.165) is 17.0 Å². The van der Waals surface area contributed by atoms with E-state index in [-0.39, 0.29) is 30.3 Å². The lowest BCUT2D eigenvalue weighted by Gasteiger charge is -2.24. The van der Waals surface area contributed by atoms with Crippen LogP contribution in [0.5, 0.6) is 11.5 Å². The van der Waals surface area contributed by atoms with E-state index in [9.17, 15) is 9.18 Å². The Hall–Kier alpha value is -3.39. The van der Waals surface area contributed by atoms with Crippen LogP contribution in [-0.4, -0.2) is 22.5 Å². The van der Waals surface area contributed by atoms with Gasteiger partial charge in [0, 0.05) is 5.69 Å². The Balaban J connectivity index is 1.32. The SMILES string of the molecule is O=C(Nc1ccc(F)cc1)c1cc2n(n1)C[C@@H](c1ccc3c(c1)OCO3)OC2. The lowest BCUT2D eigenvalue weighted by molar-refractivity contribution is -0.00127. The monoisotopic (exact) mass is 381 g/mol. The van der Waals surface area contributed by atoms with Crippen molar-refractivity contribution in [3.8, 4) is 11.5 Å². The van der Waals surface area contributed by atoms with Crippen molar-refractivity contribution in [2.24, 2.45) is 0 Å². The van der Waals surface area contributed by atoms with Crippen molar-refractivity contribution in [3.05, 3.63) is 71.3 Å². The van der Waals surface area contributed by atoms with Gasteiger partial charge in [-0.3, -0.25) is 9.48 Å². The van der Waals surface area contributed by atoms with Crippen molar-refractivity contribution < 1.29 is 23.4 Å². The summed E-state index contributed by atoms with van der Waals surface area (Å²) in [5.41, 5.74) is 2.57. The first-order valence-corrected chi connectivity index (χ1v) is 8.80. The highest BCUT2D eigenvalue weighted by Crippen LogP contribution is 2.36. The largest absolute Gasteiger partial charge is 0.454 e. The van der Waals surface area contributed by atoms with Gasteiger partial charge in [-0.2, -0.15) is 5.10 Å². The molecule has 3 aromatic rings. The van der Waals surface area contributed by atoms with Gasteiger partial charge >= 0.3 is 0 Å². The van der Waals surface area contributed by atoms with Gasteiger partial charge in [0.15, 0.2) is 17.2 Å². The fraction of sp³-hybridized carbons (Fsp3) is 0.200. The second kappa shape index (κ2) is 6.65. The molecule has 5 rings (SSSR count). The molecule has 0 saturated carbocycles. The fourth-order valence-corrected chi connectivity index (χ4v) is 3.28. The van der Waals surface area contributed by atoms with Gasteiger partial charge in [0.25, 0.3) is 5.91 Å². The molecule has 2 aliphatic rings. The maximum absolute atomic E-state index is 13.0. The zero-order valence-corrected chi connectivity index (χ0v) is 14.7. The molecule has 0 bridgehead atoms. The quantitative estimate of drug-likeness (QED) is 0.754. The smallest absolute Gasteiger partial charge is 0.276 e. The summed E-state index contributed by atoms with van der Waals surface area (Å²) in [6, 6.07) is 13.0. The highest BCUT2D eigenvalue weighted by Gasteiger charge is 2.26. The number of nitrogens with one attached hydrogen (secondary N) is 1. The number of halogens is 1. The number of benzene rings is 2. The number of hydrogen-bond acceptors (Lipinski definition) is 5. The minimum absolute atomic E-state index is 0.199. The van der Waals surface area contributed by atoms with Crippen LogP contribution in [-0.2, 0) is 17.9 Å². The number of carbonyl (C=O) groups excluding carboxylic acids is 1. The molecule has 28 heavy (non-hydrogen) atoms. The van der Waals surface area contributed by atoms with Crippen molar-refractivity contribution in [1.82, 2.24) is 9.78 Å². The fourth-order valence-electron chi connectivity index (χ4n) is 3.28. The molecule has 1 amide bonds. The number of nitrogens with zero attached hydrogens (tertiary/aromatic N) is 2. The van der Waals surface area contributed by atoms with Gasteiger partial charge in [0.1, 0.15) is 11.9 Å². The summed E-state index contributed by atoms with van der Waals surface area (Å²) in [6.07, 6.45) is -0.199. The number of hydrogen-bond donors (Lipinski definition) is 1. The van der Waals surface area contributed by atoms with Crippen LogP contribution in [0.2, 0.25) is 0 Å². The van der Waals surface area contributed by atoms with E-state index in [1.807, 2.05) is 18.2 Å². The Kier molecular flexibility index (Phi) is 3.98. The number of rotatable bonds is 3. The summed E-state index contributed by atoms with van der Waals surface area (Å²) in [5.74, 6) is 0.709. The molecule has 2 aliphatic heterocycles. The standard InChI is InChI=1S/C20H16FN3O4/c21-13-2-4-14(5-3-13)22-20(25)16-8-15-10-26-19(9-24(15)23-16)12-1-6-17-18(7-12)28-11-27-17/h1-8,19H,9-11H2,(H,22,25)/t19-/m0/s1. The van der Waals surface area contributed by atoms with Crippen LogP contribution < -0.4 is 14.8 Å². The third-order valence-electron chi connectivity index (χ3n) is 4.74. The van der Waals surface area contributed by atoms with Crippen LogP contribution in [0.1, 0.15) is 27.8 Å². The number of fused-ring (bicyclic) bond motifs is 2. The lowest BCUT2D eigenvalue weighted by Crippen LogP contribution is -2.22. The molecule has 1 aromatic heterocycles. The maximum atomic E-state index is 13.0.